The SMILES string of the molecule is CCOc1cc(Br)cc(Br)c1. The van der Waals surface area contributed by atoms with Gasteiger partial charge in [-0.1, -0.05) is 31.9 Å². The van der Waals surface area contributed by atoms with Crippen LogP contribution in [0.1, 0.15) is 6.92 Å². The number of hydrogen-bond donors (Lipinski definition) is 0. The van der Waals surface area contributed by atoms with E-state index in [1.165, 1.54) is 0 Å². The van der Waals surface area contributed by atoms with Crippen LogP contribution in [0.5, 0.6) is 5.75 Å². The lowest BCUT2D eigenvalue weighted by Gasteiger charge is -2.03. The highest BCUT2D eigenvalue weighted by molar-refractivity contribution is 9.11. The van der Waals surface area contributed by atoms with E-state index in [-0.39, 0.29) is 0 Å². The van der Waals surface area contributed by atoms with Gasteiger partial charge in [-0.25, -0.2) is 0 Å². The monoisotopic (exact) mass is 278 g/mol. The van der Waals surface area contributed by atoms with Gasteiger partial charge in [-0.05, 0) is 25.1 Å². The van der Waals surface area contributed by atoms with Crippen molar-refractivity contribution in [1.29, 1.82) is 0 Å². The molecule has 0 bridgehead atoms. The number of rotatable bonds is 2. The van der Waals surface area contributed by atoms with Crippen LogP contribution in [0.2, 0.25) is 0 Å². The molecule has 0 aliphatic rings. The summed E-state index contributed by atoms with van der Waals surface area (Å²) in [7, 11) is 0. The predicted molar refractivity (Wildman–Crippen MR) is 53.0 cm³/mol. The Morgan fingerprint density at radius 2 is 1.73 bits per heavy atom. The maximum Gasteiger partial charge on any atom is 0.121 e. The topological polar surface area (TPSA) is 9.23 Å². The zero-order valence-corrected chi connectivity index (χ0v) is 9.28. The second-order valence-corrected chi connectivity index (χ2v) is 3.87. The van der Waals surface area contributed by atoms with E-state index >= 15 is 0 Å². The largest absolute Gasteiger partial charge is 0.494 e. The molecule has 0 spiro atoms. The van der Waals surface area contributed by atoms with E-state index in [9.17, 15) is 0 Å². The van der Waals surface area contributed by atoms with Gasteiger partial charge >= 0.3 is 0 Å². The van der Waals surface area contributed by atoms with Crippen LogP contribution in [-0.2, 0) is 0 Å². The first-order chi connectivity index (χ1) is 5.22. The van der Waals surface area contributed by atoms with Crippen LogP contribution < -0.4 is 4.74 Å². The van der Waals surface area contributed by atoms with Gasteiger partial charge in [0.15, 0.2) is 0 Å². The zero-order chi connectivity index (χ0) is 8.27. The average Bonchev–Trinajstić information content (AvgIpc) is 1.85. The molecule has 0 radical (unpaired) electrons. The van der Waals surface area contributed by atoms with Crippen molar-refractivity contribution in [3.8, 4) is 5.75 Å². The van der Waals surface area contributed by atoms with Gasteiger partial charge in [-0.2, -0.15) is 0 Å². The predicted octanol–water partition coefficient (Wildman–Crippen LogP) is 3.61. The molecular formula is C8H8Br2O. The third-order valence-electron chi connectivity index (χ3n) is 1.15. The number of hydrogen-bond acceptors (Lipinski definition) is 1. The molecule has 3 heteroatoms. The Morgan fingerprint density at radius 3 is 2.18 bits per heavy atom. The van der Waals surface area contributed by atoms with Gasteiger partial charge in [0.05, 0.1) is 6.61 Å². The van der Waals surface area contributed by atoms with Crippen LogP contribution in [0, 0.1) is 0 Å². The van der Waals surface area contributed by atoms with Crippen LogP contribution >= 0.6 is 31.9 Å². The second-order valence-electron chi connectivity index (χ2n) is 2.04. The molecule has 0 heterocycles. The third-order valence-corrected chi connectivity index (χ3v) is 2.06. The van der Waals surface area contributed by atoms with Crippen molar-refractivity contribution in [2.75, 3.05) is 6.61 Å². The molecule has 0 aliphatic heterocycles. The van der Waals surface area contributed by atoms with Gasteiger partial charge in [0.1, 0.15) is 5.75 Å². The van der Waals surface area contributed by atoms with Crippen molar-refractivity contribution in [3.63, 3.8) is 0 Å². The molecule has 60 valence electrons. The molecule has 0 saturated heterocycles. The third kappa shape index (κ3) is 2.83. The molecule has 0 aromatic heterocycles. The van der Waals surface area contributed by atoms with Crippen molar-refractivity contribution in [2.45, 2.75) is 6.92 Å². The van der Waals surface area contributed by atoms with Crippen LogP contribution in [-0.4, -0.2) is 6.61 Å². The molecule has 1 nitrogen and oxygen atoms in total. The van der Waals surface area contributed by atoms with E-state index in [4.69, 9.17) is 4.74 Å². The first kappa shape index (κ1) is 9.07. The zero-order valence-electron chi connectivity index (χ0n) is 6.10. The number of ether oxygens (including phenoxy) is 1. The molecular weight excluding hydrogens is 272 g/mol. The smallest absolute Gasteiger partial charge is 0.121 e. The summed E-state index contributed by atoms with van der Waals surface area (Å²) in [4.78, 5) is 0. The van der Waals surface area contributed by atoms with E-state index in [0.717, 1.165) is 14.7 Å². The molecule has 0 amide bonds. The minimum atomic E-state index is 0.697. The van der Waals surface area contributed by atoms with E-state index in [2.05, 4.69) is 31.9 Å². The van der Waals surface area contributed by atoms with Crippen molar-refractivity contribution in [1.82, 2.24) is 0 Å². The Bertz CT molecular complexity index is 228. The summed E-state index contributed by atoms with van der Waals surface area (Å²) >= 11 is 6.75. The molecule has 11 heavy (non-hydrogen) atoms. The lowest BCUT2D eigenvalue weighted by Crippen LogP contribution is -1.90. The molecule has 0 saturated carbocycles. The molecule has 0 atom stereocenters. The molecule has 0 fully saturated rings. The number of halogens is 2. The lowest BCUT2D eigenvalue weighted by atomic mass is 10.3. The van der Waals surface area contributed by atoms with Gasteiger partial charge in [-0.3, -0.25) is 0 Å². The van der Waals surface area contributed by atoms with Gasteiger partial charge < -0.3 is 4.74 Å². The maximum atomic E-state index is 5.31. The van der Waals surface area contributed by atoms with E-state index in [1.54, 1.807) is 0 Å². The summed E-state index contributed by atoms with van der Waals surface area (Å²) in [6.45, 7) is 2.66. The van der Waals surface area contributed by atoms with Crippen molar-refractivity contribution >= 4 is 31.9 Å². The van der Waals surface area contributed by atoms with E-state index in [1.807, 2.05) is 25.1 Å². The van der Waals surface area contributed by atoms with Crippen LogP contribution in [0.15, 0.2) is 27.1 Å². The molecule has 1 aromatic rings. The van der Waals surface area contributed by atoms with Gasteiger partial charge in [0.25, 0.3) is 0 Å². The molecule has 0 unspecified atom stereocenters. The highest BCUT2D eigenvalue weighted by Gasteiger charge is 1.96. The quantitative estimate of drug-likeness (QED) is 0.804. The highest BCUT2D eigenvalue weighted by Crippen LogP contribution is 2.24. The molecule has 0 aliphatic carbocycles. The minimum Gasteiger partial charge on any atom is -0.494 e. The van der Waals surface area contributed by atoms with Crippen molar-refractivity contribution in [2.24, 2.45) is 0 Å². The van der Waals surface area contributed by atoms with Crippen molar-refractivity contribution < 1.29 is 4.74 Å². The fourth-order valence-corrected chi connectivity index (χ4v) is 2.03. The first-order valence-corrected chi connectivity index (χ1v) is 4.90. The van der Waals surface area contributed by atoms with Gasteiger partial charge in [0, 0.05) is 8.95 Å². The summed E-state index contributed by atoms with van der Waals surface area (Å²) < 4.78 is 7.35. The summed E-state index contributed by atoms with van der Waals surface area (Å²) in [6, 6.07) is 5.85. The Hall–Kier alpha value is -0.0200. The Balaban J connectivity index is 2.89. The Morgan fingerprint density at radius 1 is 1.18 bits per heavy atom. The van der Waals surface area contributed by atoms with Crippen LogP contribution in [0.4, 0.5) is 0 Å². The maximum absolute atomic E-state index is 5.31. The van der Waals surface area contributed by atoms with E-state index in [0.29, 0.717) is 6.61 Å². The Kier molecular flexibility index (Phi) is 3.40. The standard InChI is InChI=1S/C8H8Br2O/c1-2-11-8-4-6(9)3-7(10)5-8/h3-5H,2H2,1H3. The van der Waals surface area contributed by atoms with Crippen molar-refractivity contribution in [3.05, 3.63) is 27.1 Å². The fourth-order valence-electron chi connectivity index (χ4n) is 0.779. The van der Waals surface area contributed by atoms with Crippen LogP contribution in [0.3, 0.4) is 0 Å². The minimum absolute atomic E-state index is 0.697. The fraction of sp³-hybridized carbons (Fsp3) is 0.250. The summed E-state index contributed by atoms with van der Waals surface area (Å²) in [5.74, 6) is 0.883. The summed E-state index contributed by atoms with van der Waals surface area (Å²) in [6.07, 6.45) is 0. The highest BCUT2D eigenvalue weighted by atomic mass is 79.9. The van der Waals surface area contributed by atoms with Crippen LogP contribution in [0.25, 0.3) is 0 Å². The molecule has 1 aromatic carbocycles. The van der Waals surface area contributed by atoms with Gasteiger partial charge in [0.2, 0.25) is 0 Å². The number of benzene rings is 1. The molecule has 0 N–H and O–H groups in total. The normalized spacial score (nSPS) is 9.73. The lowest BCUT2D eigenvalue weighted by molar-refractivity contribution is 0.340. The van der Waals surface area contributed by atoms with E-state index < -0.39 is 0 Å². The second kappa shape index (κ2) is 4.12. The van der Waals surface area contributed by atoms with Gasteiger partial charge in [-0.15, -0.1) is 0 Å². The first-order valence-electron chi connectivity index (χ1n) is 3.31. The summed E-state index contributed by atoms with van der Waals surface area (Å²) in [5, 5.41) is 0. The summed E-state index contributed by atoms with van der Waals surface area (Å²) in [5.41, 5.74) is 0. The Labute approximate surface area is 83.0 Å². The average molecular weight is 280 g/mol. The molecule has 1 rings (SSSR count).